The van der Waals surface area contributed by atoms with E-state index in [1.54, 1.807) is 48.5 Å². The molecule has 0 saturated heterocycles. The Balaban J connectivity index is 1.83. The van der Waals surface area contributed by atoms with Crippen LogP contribution in [0.15, 0.2) is 48.5 Å². The molecule has 1 amide bonds. The number of hydrogen-bond donors (Lipinski definition) is 2. The highest BCUT2D eigenvalue weighted by atomic mass is 35.5. The van der Waals surface area contributed by atoms with Gasteiger partial charge in [-0.1, -0.05) is 35.9 Å². The number of aliphatic carboxylic acids is 1. The van der Waals surface area contributed by atoms with Crippen LogP contribution in [0.3, 0.4) is 0 Å². The zero-order chi connectivity index (χ0) is 15.9. The summed E-state index contributed by atoms with van der Waals surface area (Å²) < 4.78 is 5.08. The van der Waals surface area contributed by atoms with Crippen molar-refractivity contribution in [3.8, 4) is 0 Å². The number of ether oxygens (including phenoxy) is 1. The van der Waals surface area contributed by atoms with Crippen molar-refractivity contribution in [2.75, 3.05) is 5.32 Å². The summed E-state index contributed by atoms with van der Waals surface area (Å²) in [4.78, 5) is 22.2. The molecule has 0 spiro atoms. The van der Waals surface area contributed by atoms with E-state index in [1.807, 2.05) is 0 Å². The first-order valence-corrected chi connectivity index (χ1v) is 6.89. The maximum atomic E-state index is 11.7. The minimum atomic E-state index is -0.900. The van der Waals surface area contributed by atoms with Crippen LogP contribution in [0.4, 0.5) is 10.5 Å². The number of nitrogens with one attached hydrogen (secondary N) is 1. The normalized spacial score (nSPS) is 10.0. The van der Waals surface area contributed by atoms with Gasteiger partial charge in [0.15, 0.2) is 0 Å². The molecule has 0 aliphatic rings. The Morgan fingerprint density at radius 2 is 1.59 bits per heavy atom. The fraction of sp³-hybridized carbons (Fsp3) is 0.125. The molecule has 0 heterocycles. The summed E-state index contributed by atoms with van der Waals surface area (Å²) in [5.41, 5.74) is 2.03. The van der Waals surface area contributed by atoms with E-state index in [0.29, 0.717) is 16.3 Å². The zero-order valence-corrected chi connectivity index (χ0v) is 12.3. The van der Waals surface area contributed by atoms with Gasteiger partial charge in [0.1, 0.15) is 6.61 Å². The fourth-order valence-electron chi connectivity index (χ4n) is 1.76. The molecule has 2 N–H and O–H groups in total. The number of anilines is 1. The number of rotatable bonds is 5. The number of carboxylic acids is 1. The molecular formula is C16H14ClNO4. The molecule has 0 aliphatic heterocycles. The lowest BCUT2D eigenvalue weighted by molar-refractivity contribution is -0.136. The molecular weight excluding hydrogens is 306 g/mol. The number of benzene rings is 2. The van der Waals surface area contributed by atoms with E-state index >= 15 is 0 Å². The smallest absolute Gasteiger partial charge is 0.411 e. The molecule has 5 nitrogen and oxygen atoms in total. The largest absolute Gasteiger partial charge is 0.481 e. The van der Waals surface area contributed by atoms with Gasteiger partial charge in [-0.05, 0) is 35.4 Å². The Morgan fingerprint density at radius 1 is 1.00 bits per heavy atom. The average Bonchev–Trinajstić information content (AvgIpc) is 2.48. The highest BCUT2D eigenvalue weighted by molar-refractivity contribution is 6.30. The first kappa shape index (κ1) is 15.9. The highest BCUT2D eigenvalue weighted by Crippen LogP contribution is 2.12. The molecule has 0 bridgehead atoms. The van der Waals surface area contributed by atoms with E-state index < -0.39 is 12.1 Å². The molecule has 6 heteroatoms. The van der Waals surface area contributed by atoms with Crippen LogP contribution < -0.4 is 5.32 Å². The van der Waals surface area contributed by atoms with Crippen molar-refractivity contribution in [1.82, 2.24) is 0 Å². The van der Waals surface area contributed by atoms with E-state index in [2.05, 4.69) is 5.32 Å². The minimum absolute atomic E-state index is 0.0543. The quantitative estimate of drug-likeness (QED) is 0.880. The van der Waals surface area contributed by atoms with E-state index in [4.69, 9.17) is 21.4 Å². The van der Waals surface area contributed by atoms with Crippen molar-refractivity contribution >= 4 is 29.4 Å². The van der Waals surface area contributed by atoms with Crippen molar-refractivity contribution in [1.29, 1.82) is 0 Å². The zero-order valence-electron chi connectivity index (χ0n) is 11.6. The van der Waals surface area contributed by atoms with Gasteiger partial charge in [0, 0.05) is 10.7 Å². The molecule has 0 fully saturated rings. The van der Waals surface area contributed by atoms with E-state index in [0.717, 1.165) is 5.56 Å². The second kappa shape index (κ2) is 7.47. The number of carbonyl (C=O) groups is 2. The van der Waals surface area contributed by atoms with E-state index in [-0.39, 0.29) is 13.0 Å². The number of carbonyl (C=O) groups excluding carboxylic acids is 1. The Kier molecular flexibility index (Phi) is 5.38. The maximum absolute atomic E-state index is 11.7. The lowest BCUT2D eigenvalue weighted by atomic mass is 10.1. The molecule has 2 rings (SSSR count). The second-order valence-corrected chi connectivity index (χ2v) is 5.03. The summed E-state index contributed by atoms with van der Waals surface area (Å²) >= 11 is 5.77. The van der Waals surface area contributed by atoms with Crippen LogP contribution in [0, 0.1) is 0 Å². The van der Waals surface area contributed by atoms with Crippen LogP contribution in [-0.2, 0) is 22.6 Å². The maximum Gasteiger partial charge on any atom is 0.411 e. The van der Waals surface area contributed by atoms with Crippen LogP contribution in [0.25, 0.3) is 0 Å². The summed E-state index contributed by atoms with van der Waals surface area (Å²) in [6.07, 6.45) is -0.637. The van der Waals surface area contributed by atoms with Crippen molar-refractivity contribution in [2.24, 2.45) is 0 Å². The van der Waals surface area contributed by atoms with Crippen molar-refractivity contribution < 1.29 is 19.4 Å². The van der Waals surface area contributed by atoms with Crippen molar-refractivity contribution in [3.63, 3.8) is 0 Å². The molecule has 0 aromatic heterocycles. The van der Waals surface area contributed by atoms with Crippen LogP contribution >= 0.6 is 11.6 Å². The molecule has 2 aromatic carbocycles. The summed E-state index contributed by atoms with van der Waals surface area (Å²) in [5, 5.41) is 11.9. The third-order valence-corrected chi connectivity index (χ3v) is 3.09. The standard InChI is InChI=1S/C16H14ClNO4/c17-13-5-1-12(2-6-13)10-22-16(21)18-14-7-3-11(4-8-14)9-15(19)20/h1-8H,9-10H2,(H,18,21)(H,19,20). The van der Waals surface area contributed by atoms with E-state index in [9.17, 15) is 9.59 Å². The average molecular weight is 320 g/mol. The topological polar surface area (TPSA) is 75.6 Å². The monoisotopic (exact) mass is 319 g/mol. The Labute approximate surface area is 132 Å². The molecule has 0 atom stereocenters. The SMILES string of the molecule is O=C(O)Cc1ccc(NC(=O)OCc2ccc(Cl)cc2)cc1. The fourth-order valence-corrected chi connectivity index (χ4v) is 1.89. The number of hydrogen-bond acceptors (Lipinski definition) is 3. The molecule has 0 unspecified atom stereocenters. The number of halogens is 1. The van der Waals surface area contributed by atoms with Crippen molar-refractivity contribution in [2.45, 2.75) is 13.0 Å². The third kappa shape index (κ3) is 5.10. The van der Waals surface area contributed by atoms with Gasteiger partial charge in [-0.2, -0.15) is 0 Å². The second-order valence-electron chi connectivity index (χ2n) is 4.60. The van der Waals surface area contributed by atoms with Crippen LogP contribution in [0.1, 0.15) is 11.1 Å². The summed E-state index contributed by atoms with van der Waals surface area (Å²) in [6.45, 7) is 0.139. The molecule has 0 saturated carbocycles. The van der Waals surface area contributed by atoms with Gasteiger partial charge in [-0.25, -0.2) is 4.79 Å². The van der Waals surface area contributed by atoms with Crippen molar-refractivity contribution in [3.05, 3.63) is 64.7 Å². The van der Waals surface area contributed by atoms with Gasteiger partial charge in [0.05, 0.1) is 6.42 Å². The van der Waals surface area contributed by atoms with Gasteiger partial charge in [-0.15, -0.1) is 0 Å². The Bertz CT molecular complexity index is 653. The molecule has 2 aromatic rings. The van der Waals surface area contributed by atoms with Crippen LogP contribution in [0.2, 0.25) is 5.02 Å². The van der Waals surface area contributed by atoms with Gasteiger partial charge in [0.2, 0.25) is 0 Å². The van der Waals surface area contributed by atoms with Crippen LogP contribution in [0.5, 0.6) is 0 Å². The summed E-state index contributed by atoms with van der Waals surface area (Å²) in [7, 11) is 0. The lowest BCUT2D eigenvalue weighted by Gasteiger charge is -2.07. The van der Waals surface area contributed by atoms with Gasteiger partial charge >= 0.3 is 12.1 Å². The first-order valence-electron chi connectivity index (χ1n) is 6.52. The number of carboxylic acid groups (broad SMARTS) is 1. The summed E-state index contributed by atoms with van der Waals surface area (Å²) in [5.74, 6) is -0.900. The molecule has 114 valence electrons. The molecule has 0 radical (unpaired) electrons. The molecule has 22 heavy (non-hydrogen) atoms. The van der Waals surface area contributed by atoms with Gasteiger partial charge < -0.3 is 9.84 Å². The highest BCUT2D eigenvalue weighted by Gasteiger charge is 2.05. The minimum Gasteiger partial charge on any atom is -0.481 e. The van der Waals surface area contributed by atoms with Crippen LogP contribution in [-0.4, -0.2) is 17.2 Å². The Hall–Kier alpha value is -2.53. The van der Waals surface area contributed by atoms with Gasteiger partial charge in [0.25, 0.3) is 0 Å². The summed E-state index contributed by atoms with van der Waals surface area (Å²) in [6, 6.07) is 13.5. The lowest BCUT2D eigenvalue weighted by Crippen LogP contribution is -2.13. The predicted octanol–water partition coefficient (Wildman–Crippen LogP) is 3.72. The Morgan fingerprint density at radius 3 is 2.18 bits per heavy atom. The van der Waals surface area contributed by atoms with E-state index in [1.165, 1.54) is 0 Å². The molecule has 0 aliphatic carbocycles. The van der Waals surface area contributed by atoms with Gasteiger partial charge in [-0.3, -0.25) is 10.1 Å². The third-order valence-electron chi connectivity index (χ3n) is 2.84. The first-order chi connectivity index (χ1) is 10.5. The number of amides is 1. The predicted molar refractivity (Wildman–Crippen MR) is 83.0 cm³/mol.